The molecule has 1 aromatic heterocycles. The first-order valence-electron chi connectivity index (χ1n) is 9.30. The van der Waals surface area contributed by atoms with Gasteiger partial charge in [-0.2, -0.15) is 0 Å². The number of nitrogens with zero attached hydrogens (tertiary/aromatic N) is 1. The molecule has 0 saturated carbocycles. The number of ether oxygens (including phenoxy) is 1. The van der Waals surface area contributed by atoms with Gasteiger partial charge in [-0.3, -0.25) is 14.9 Å². The quantitative estimate of drug-likeness (QED) is 0.475. The van der Waals surface area contributed by atoms with Gasteiger partial charge in [0.15, 0.2) is 5.13 Å². The van der Waals surface area contributed by atoms with E-state index in [1.165, 1.54) is 11.3 Å². The Morgan fingerprint density at radius 2 is 1.80 bits per heavy atom. The van der Waals surface area contributed by atoms with Crippen molar-refractivity contribution in [2.75, 3.05) is 17.7 Å². The van der Waals surface area contributed by atoms with Crippen molar-refractivity contribution < 1.29 is 14.3 Å². The molecule has 30 heavy (non-hydrogen) atoms. The van der Waals surface area contributed by atoms with Crippen LogP contribution in [-0.4, -0.2) is 23.9 Å². The fourth-order valence-corrected chi connectivity index (χ4v) is 3.89. The van der Waals surface area contributed by atoms with E-state index >= 15 is 0 Å². The smallest absolute Gasteiger partial charge is 0.257 e. The van der Waals surface area contributed by atoms with E-state index in [-0.39, 0.29) is 18.2 Å². The molecule has 7 heteroatoms. The predicted molar refractivity (Wildman–Crippen MR) is 119 cm³/mol. The van der Waals surface area contributed by atoms with Gasteiger partial charge in [-0.25, -0.2) is 4.98 Å². The lowest BCUT2D eigenvalue weighted by Gasteiger charge is -2.06. The first-order chi connectivity index (χ1) is 14.6. The van der Waals surface area contributed by atoms with Crippen LogP contribution in [0.15, 0.2) is 72.8 Å². The summed E-state index contributed by atoms with van der Waals surface area (Å²) >= 11 is 1.36. The Hall–Kier alpha value is -3.71. The molecule has 150 valence electrons. The summed E-state index contributed by atoms with van der Waals surface area (Å²) in [6.07, 6.45) is 0.246. The van der Waals surface area contributed by atoms with Gasteiger partial charge in [0.2, 0.25) is 5.91 Å². The average molecular weight is 417 g/mol. The number of methoxy groups -OCH3 is 1. The van der Waals surface area contributed by atoms with E-state index in [2.05, 4.69) is 15.6 Å². The van der Waals surface area contributed by atoms with E-state index in [1.807, 2.05) is 54.6 Å². The molecule has 0 fully saturated rings. The second kappa shape index (κ2) is 8.75. The summed E-state index contributed by atoms with van der Waals surface area (Å²) in [6, 6.07) is 21.9. The number of rotatable bonds is 6. The zero-order valence-corrected chi connectivity index (χ0v) is 17.0. The van der Waals surface area contributed by atoms with Gasteiger partial charge in [-0.15, -0.1) is 0 Å². The van der Waals surface area contributed by atoms with Crippen molar-refractivity contribution in [3.8, 4) is 5.75 Å². The van der Waals surface area contributed by atoms with E-state index < -0.39 is 0 Å². The fraction of sp³-hybridized carbons (Fsp3) is 0.0870. The Morgan fingerprint density at radius 1 is 0.967 bits per heavy atom. The second-order valence-electron chi connectivity index (χ2n) is 6.60. The summed E-state index contributed by atoms with van der Waals surface area (Å²) < 4.78 is 6.07. The summed E-state index contributed by atoms with van der Waals surface area (Å²) in [7, 11) is 1.60. The zero-order chi connectivity index (χ0) is 20.9. The number of carbonyl (C=O) groups excluding carboxylic acids is 2. The van der Waals surface area contributed by atoms with Gasteiger partial charge in [0.1, 0.15) is 5.75 Å². The molecule has 2 amide bonds. The number of fused-ring (bicyclic) bond motifs is 1. The van der Waals surface area contributed by atoms with E-state index in [1.54, 1.807) is 25.3 Å². The molecule has 0 atom stereocenters. The topological polar surface area (TPSA) is 80.3 Å². The molecule has 0 aliphatic rings. The van der Waals surface area contributed by atoms with Crippen molar-refractivity contribution in [2.24, 2.45) is 0 Å². The summed E-state index contributed by atoms with van der Waals surface area (Å²) in [5.41, 5.74) is 2.88. The molecule has 4 aromatic rings. The van der Waals surface area contributed by atoms with Crippen molar-refractivity contribution in [1.82, 2.24) is 4.98 Å². The standard InChI is InChI=1S/C23H19N3O3S/c1-29-18-9-5-6-15(12-18)13-21(27)24-17-10-11-19-20(14-17)30-23(25-19)26-22(28)16-7-3-2-4-8-16/h2-12,14H,13H2,1H3,(H,24,27)(H,25,26,28). The van der Waals surface area contributed by atoms with Gasteiger partial charge in [-0.1, -0.05) is 41.7 Å². The van der Waals surface area contributed by atoms with Gasteiger partial charge < -0.3 is 10.1 Å². The van der Waals surface area contributed by atoms with E-state index in [4.69, 9.17) is 4.74 Å². The van der Waals surface area contributed by atoms with Crippen LogP contribution >= 0.6 is 11.3 Å². The summed E-state index contributed by atoms with van der Waals surface area (Å²) in [5, 5.41) is 6.24. The molecule has 0 spiro atoms. The highest BCUT2D eigenvalue weighted by molar-refractivity contribution is 7.22. The molecule has 0 radical (unpaired) electrons. The van der Waals surface area contributed by atoms with Crippen LogP contribution < -0.4 is 15.4 Å². The predicted octanol–water partition coefficient (Wildman–Crippen LogP) is 4.74. The number of hydrogen-bond donors (Lipinski definition) is 2. The van der Waals surface area contributed by atoms with Crippen LogP contribution in [0.4, 0.5) is 10.8 Å². The maximum Gasteiger partial charge on any atom is 0.257 e. The lowest BCUT2D eigenvalue weighted by molar-refractivity contribution is -0.115. The highest BCUT2D eigenvalue weighted by atomic mass is 32.1. The third-order valence-corrected chi connectivity index (χ3v) is 5.36. The molecule has 6 nitrogen and oxygen atoms in total. The minimum atomic E-state index is -0.207. The van der Waals surface area contributed by atoms with Gasteiger partial charge in [0, 0.05) is 11.3 Å². The summed E-state index contributed by atoms with van der Waals surface area (Å²) in [4.78, 5) is 29.2. The maximum absolute atomic E-state index is 12.4. The maximum atomic E-state index is 12.4. The number of aromatic nitrogens is 1. The van der Waals surface area contributed by atoms with Gasteiger partial charge in [-0.05, 0) is 48.0 Å². The number of nitrogens with one attached hydrogen (secondary N) is 2. The Bertz CT molecular complexity index is 1200. The Morgan fingerprint density at radius 3 is 2.60 bits per heavy atom. The second-order valence-corrected chi connectivity index (χ2v) is 7.63. The van der Waals surface area contributed by atoms with Crippen LogP contribution in [0, 0.1) is 0 Å². The van der Waals surface area contributed by atoms with E-state index in [0.717, 1.165) is 21.5 Å². The molecule has 2 N–H and O–H groups in total. The lowest BCUT2D eigenvalue weighted by atomic mass is 10.1. The van der Waals surface area contributed by atoms with E-state index in [9.17, 15) is 9.59 Å². The first kappa shape index (κ1) is 19.6. The molecule has 0 unspecified atom stereocenters. The average Bonchev–Trinajstić information content (AvgIpc) is 3.15. The molecule has 4 rings (SSSR count). The number of amides is 2. The SMILES string of the molecule is COc1cccc(CC(=O)Nc2ccc3nc(NC(=O)c4ccccc4)sc3c2)c1. The van der Waals surface area contributed by atoms with Crippen LogP contribution in [0.3, 0.4) is 0 Å². The number of hydrogen-bond acceptors (Lipinski definition) is 5. The van der Waals surface area contributed by atoms with Crippen LogP contribution in [-0.2, 0) is 11.2 Å². The molecule has 0 aliphatic carbocycles. The molecule has 1 heterocycles. The zero-order valence-electron chi connectivity index (χ0n) is 16.2. The normalized spacial score (nSPS) is 10.6. The highest BCUT2D eigenvalue weighted by Crippen LogP contribution is 2.29. The van der Waals surface area contributed by atoms with Crippen molar-refractivity contribution >= 4 is 44.2 Å². The van der Waals surface area contributed by atoms with Crippen LogP contribution in [0.25, 0.3) is 10.2 Å². The third kappa shape index (κ3) is 4.64. The minimum Gasteiger partial charge on any atom is -0.497 e. The number of benzene rings is 3. The molecule has 0 aliphatic heterocycles. The largest absolute Gasteiger partial charge is 0.497 e. The van der Waals surface area contributed by atoms with Gasteiger partial charge in [0.25, 0.3) is 5.91 Å². The Balaban J connectivity index is 1.44. The van der Waals surface area contributed by atoms with Crippen molar-refractivity contribution in [1.29, 1.82) is 0 Å². The van der Waals surface area contributed by atoms with Crippen molar-refractivity contribution in [3.63, 3.8) is 0 Å². The van der Waals surface area contributed by atoms with E-state index in [0.29, 0.717) is 16.4 Å². The van der Waals surface area contributed by atoms with Crippen LogP contribution in [0.5, 0.6) is 5.75 Å². The molecule has 0 bridgehead atoms. The molecule has 3 aromatic carbocycles. The lowest BCUT2D eigenvalue weighted by Crippen LogP contribution is -2.14. The highest BCUT2D eigenvalue weighted by Gasteiger charge is 2.11. The number of anilines is 2. The van der Waals surface area contributed by atoms with Crippen molar-refractivity contribution in [3.05, 3.63) is 83.9 Å². The van der Waals surface area contributed by atoms with Crippen LogP contribution in [0.1, 0.15) is 15.9 Å². The van der Waals surface area contributed by atoms with Gasteiger partial charge >= 0.3 is 0 Å². The molecule has 0 saturated heterocycles. The Kier molecular flexibility index (Phi) is 5.72. The molecular formula is C23H19N3O3S. The minimum absolute atomic E-state index is 0.121. The Labute approximate surface area is 177 Å². The van der Waals surface area contributed by atoms with Gasteiger partial charge in [0.05, 0.1) is 23.7 Å². The molecular weight excluding hydrogens is 398 g/mol. The summed E-state index contributed by atoms with van der Waals surface area (Å²) in [6.45, 7) is 0. The van der Waals surface area contributed by atoms with Crippen LogP contribution in [0.2, 0.25) is 0 Å². The number of carbonyl (C=O) groups is 2. The fourth-order valence-electron chi connectivity index (χ4n) is 2.99. The monoisotopic (exact) mass is 417 g/mol. The summed E-state index contributed by atoms with van der Waals surface area (Å²) in [5.74, 6) is 0.391. The number of thiazole rings is 1. The first-order valence-corrected chi connectivity index (χ1v) is 10.1. The van der Waals surface area contributed by atoms with Crippen molar-refractivity contribution in [2.45, 2.75) is 6.42 Å². The third-order valence-electron chi connectivity index (χ3n) is 4.43.